The Hall–Kier alpha value is -3.85. The topological polar surface area (TPSA) is 96.0 Å². The molecule has 3 aromatic carbocycles. The fraction of sp³-hybridized carbons (Fsp3) is 0.355. The molecule has 0 bridgehead atoms. The first-order chi connectivity index (χ1) is 19.0. The summed E-state index contributed by atoms with van der Waals surface area (Å²) in [4.78, 5) is 28.7. The summed E-state index contributed by atoms with van der Waals surface area (Å²) in [6.45, 7) is 9.32. The maximum atomic E-state index is 14.1. The largest absolute Gasteiger partial charge is 0.497 e. The van der Waals surface area contributed by atoms with Crippen LogP contribution >= 0.6 is 0 Å². The quantitative estimate of drug-likeness (QED) is 0.342. The number of rotatable bonds is 12. The number of ether oxygens (including phenoxy) is 1. The van der Waals surface area contributed by atoms with Crippen molar-refractivity contribution < 1.29 is 22.7 Å². The van der Waals surface area contributed by atoms with Gasteiger partial charge in [0.1, 0.15) is 18.3 Å². The van der Waals surface area contributed by atoms with E-state index >= 15 is 0 Å². The molecular weight excluding hydrogens is 526 g/mol. The summed E-state index contributed by atoms with van der Waals surface area (Å²) in [7, 11) is -2.56. The van der Waals surface area contributed by atoms with E-state index in [9.17, 15) is 18.0 Å². The van der Waals surface area contributed by atoms with Crippen LogP contribution in [-0.2, 0) is 26.2 Å². The number of hydrogen-bond donors (Lipinski definition) is 1. The highest BCUT2D eigenvalue weighted by atomic mass is 32.2. The lowest BCUT2D eigenvalue weighted by Crippen LogP contribution is -2.52. The van der Waals surface area contributed by atoms with Gasteiger partial charge in [-0.15, -0.1) is 0 Å². The van der Waals surface area contributed by atoms with E-state index in [1.807, 2.05) is 58.9 Å². The molecule has 0 aliphatic heterocycles. The molecule has 3 rings (SSSR count). The number of aryl methyl sites for hydroxylation is 3. The highest BCUT2D eigenvalue weighted by Gasteiger charge is 2.34. The van der Waals surface area contributed by atoms with Crippen molar-refractivity contribution in [2.24, 2.45) is 0 Å². The van der Waals surface area contributed by atoms with E-state index < -0.39 is 28.5 Å². The molecule has 1 unspecified atom stereocenters. The third-order valence-electron chi connectivity index (χ3n) is 6.73. The highest BCUT2D eigenvalue weighted by Crippen LogP contribution is 2.29. The van der Waals surface area contributed by atoms with Crippen molar-refractivity contribution in [2.75, 3.05) is 24.5 Å². The SMILES string of the molecule is CCNC(=O)C(CC)N(Cc1cccc(OC)c1)C(=O)CN(c1ccc(C)cc1C)S(=O)(=O)c1ccc(C)cc1. The average molecular weight is 566 g/mol. The summed E-state index contributed by atoms with van der Waals surface area (Å²) in [6.07, 6.45) is 0.357. The van der Waals surface area contributed by atoms with Gasteiger partial charge in [-0.2, -0.15) is 0 Å². The fourth-order valence-corrected chi connectivity index (χ4v) is 6.09. The molecule has 0 spiro atoms. The number of nitrogens with one attached hydrogen (secondary N) is 1. The molecule has 0 fully saturated rings. The molecule has 0 aliphatic rings. The summed E-state index contributed by atoms with van der Waals surface area (Å²) in [5, 5.41) is 2.81. The zero-order valence-corrected chi connectivity index (χ0v) is 24.9. The zero-order chi connectivity index (χ0) is 29.4. The van der Waals surface area contributed by atoms with Crippen LogP contribution in [0, 0.1) is 20.8 Å². The summed E-state index contributed by atoms with van der Waals surface area (Å²) in [6, 6.07) is 18.4. The van der Waals surface area contributed by atoms with Gasteiger partial charge >= 0.3 is 0 Å². The predicted molar refractivity (Wildman–Crippen MR) is 158 cm³/mol. The number of hydrogen-bond acceptors (Lipinski definition) is 5. The second-order valence-corrected chi connectivity index (χ2v) is 11.7. The first kappa shape index (κ1) is 30.7. The van der Waals surface area contributed by atoms with E-state index in [1.54, 1.807) is 49.6 Å². The van der Waals surface area contributed by atoms with E-state index in [4.69, 9.17) is 4.74 Å². The predicted octanol–water partition coefficient (Wildman–Crippen LogP) is 4.76. The van der Waals surface area contributed by atoms with Gasteiger partial charge in [0.25, 0.3) is 10.0 Å². The van der Waals surface area contributed by atoms with Gasteiger partial charge in [-0.3, -0.25) is 13.9 Å². The molecule has 3 aromatic rings. The second kappa shape index (κ2) is 13.5. The molecule has 8 nitrogen and oxygen atoms in total. The minimum absolute atomic E-state index is 0.0842. The number of carbonyl (C=O) groups is 2. The number of sulfonamides is 1. The van der Waals surface area contributed by atoms with Gasteiger partial charge in [0.05, 0.1) is 17.7 Å². The van der Waals surface area contributed by atoms with Crippen molar-refractivity contribution in [3.05, 3.63) is 89.0 Å². The standard InChI is InChI=1S/C31H39N3O5S/c1-7-28(31(36)32-8-2)33(20-25-10-9-11-26(19-25)39-6)30(35)21-34(29-17-14-23(4)18-24(29)5)40(37,38)27-15-12-22(3)13-16-27/h9-19,28H,7-8,20-21H2,1-6H3,(H,32,36). The molecule has 1 atom stereocenters. The van der Waals surface area contributed by atoms with Crippen LogP contribution in [0.15, 0.2) is 71.6 Å². The van der Waals surface area contributed by atoms with Crippen molar-refractivity contribution in [1.29, 1.82) is 0 Å². The van der Waals surface area contributed by atoms with Gasteiger partial charge in [-0.1, -0.05) is 54.4 Å². The molecule has 0 aliphatic carbocycles. The third-order valence-corrected chi connectivity index (χ3v) is 8.51. The number of likely N-dealkylation sites (N-methyl/N-ethyl adjacent to an activating group) is 1. The molecule has 0 saturated heterocycles. The number of anilines is 1. The van der Waals surface area contributed by atoms with Crippen molar-refractivity contribution in [3.63, 3.8) is 0 Å². The van der Waals surface area contributed by atoms with Crippen LogP contribution in [0.4, 0.5) is 5.69 Å². The number of carbonyl (C=O) groups excluding carboxylic acids is 2. The molecule has 40 heavy (non-hydrogen) atoms. The first-order valence-electron chi connectivity index (χ1n) is 13.4. The van der Waals surface area contributed by atoms with E-state index in [-0.39, 0.29) is 17.3 Å². The second-order valence-electron chi connectivity index (χ2n) is 9.81. The normalized spacial score (nSPS) is 11.9. The Morgan fingerprint density at radius 2 is 1.60 bits per heavy atom. The smallest absolute Gasteiger partial charge is 0.264 e. The van der Waals surface area contributed by atoms with Crippen LogP contribution in [0.3, 0.4) is 0 Å². The molecule has 9 heteroatoms. The van der Waals surface area contributed by atoms with E-state index in [0.29, 0.717) is 24.4 Å². The van der Waals surface area contributed by atoms with Gasteiger partial charge in [0.15, 0.2) is 0 Å². The van der Waals surface area contributed by atoms with E-state index in [2.05, 4.69) is 5.32 Å². The summed E-state index contributed by atoms with van der Waals surface area (Å²) in [5.74, 6) is -0.160. The molecule has 0 aromatic heterocycles. The number of methoxy groups -OCH3 is 1. The van der Waals surface area contributed by atoms with Crippen molar-refractivity contribution >= 4 is 27.5 Å². The van der Waals surface area contributed by atoms with E-state index in [0.717, 1.165) is 26.6 Å². The monoisotopic (exact) mass is 565 g/mol. The molecular formula is C31H39N3O5S. The summed E-state index contributed by atoms with van der Waals surface area (Å²) < 4.78 is 34.5. The van der Waals surface area contributed by atoms with Crippen molar-refractivity contribution in [2.45, 2.75) is 58.5 Å². The van der Waals surface area contributed by atoms with Crippen molar-refractivity contribution in [1.82, 2.24) is 10.2 Å². The van der Waals surface area contributed by atoms with Gasteiger partial charge in [0.2, 0.25) is 11.8 Å². The van der Waals surface area contributed by atoms with Crippen LogP contribution in [0.5, 0.6) is 5.75 Å². The lowest BCUT2D eigenvalue weighted by molar-refractivity contribution is -0.140. The maximum Gasteiger partial charge on any atom is 0.264 e. The maximum absolute atomic E-state index is 14.1. The Morgan fingerprint density at radius 1 is 0.925 bits per heavy atom. The first-order valence-corrected chi connectivity index (χ1v) is 14.8. The average Bonchev–Trinajstić information content (AvgIpc) is 2.92. The van der Waals surface area contributed by atoms with Crippen LogP contribution in [-0.4, -0.2) is 51.4 Å². The third kappa shape index (κ3) is 7.21. The van der Waals surface area contributed by atoms with Gasteiger partial charge in [0, 0.05) is 13.1 Å². The summed E-state index contributed by atoms with van der Waals surface area (Å²) in [5.41, 5.74) is 3.79. The number of benzene rings is 3. The molecule has 0 heterocycles. The van der Waals surface area contributed by atoms with Crippen LogP contribution < -0.4 is 14.4 Å². The minimum atomic E-state index is -4.12. The molecule has 0 saturated carbocycles. The summed E-state index contributed by atoms with van der Waals surface area (Å²) >= 11 is 0. The molecule has 1 N–H and O–H groups in total. The van der Waals surface area contributed by atoms with Gasteiger partial charge < -0.3 is 15.0 Å². The zero-order valence-electron chi connectivity index (χ0n) is 24.1. The number of amides is 2. The molecule has 0 radical (unpaired) electrons. The lowest BCUT2D eigenvalue weighted by Gasteiger charge is -2.33. The Kier molecular flexibility index (Phi) is 10.3. The van der Waals surface area contributed by atoms with Crippen LogP contribution in [0.25, 0.3) is 0 Å². The fourth-order valence-electron chi connectivity index (χ4n) is 4.62. The van der Waals surface area contributed by atoms with Gasteiger partial charge in [-0.05, 0) is 75.6 Å². The van der Waals surface area contributed by atoms with Gasteiger partial charge in [-0.25, -0.2) is 8.42 Å². The van der Waals surface area contributed by atoms with Crippen LogP contribution in [0.2, 0.25) is 0 Å². The molecule has 214 valence electrons. The van der Waals surface area contributed by atoms with Crippen LogP contribution in [0.1, 0.15) is 42.5 Å². The Balaban J connectivity index is 2.10. The minimum Gasteiger partial charge on any atom is -0.497 e. The Morgan fingerprint density at radius 3 is 2.20 bits per heavy atom. The van der Waals surface area contributed by atoms with E-state index in [1.165, 1.54) is 4.90 Å². The number of nitrogens with zero attached hydrogens (tertiary/aromatic N) is 2. The Labute approximate surface area is 238 Å². The molecule has 2 amide bonds. The lowest BCUT2D eigenvalue weighted by atomic mass is 10.1. The Bertz CT molecular complexity index is 1440. The highest BCUT2D eigenvalue weighted by molar-refractivity contribution is 7.92. The van der Waals surface area contributed by atoms with Crippen molar-refractivity contribution in [3.8, 4) is 5.75 Å².